The first-order chi connectivity index (χ1) is 11.8. The molecule has 0 fully saturated rings. The first-order valence-electron chi connectivity index (χ1n) is 7.73. The number of Topliss-reactive ketones (excluding diaryl/α,β-unsaturated/α-hetero) is 1. The van der Waals surface area contributed by atoms with Crippen molar-refractivity contribution in [3.05, 3.63) is 65.2 Å². The predicted octanol–water partition coefficient (Wildman–Crippen LogP) is 2.09. The number of nitrogens with zero attached hydrogens (tertiary/aromatic N) is 1. The van der Waals surface area contributed by atoms with Gasteiger partial charge in [-0.15, -0.1) is 0 Å². The molecule has 0 radical (unpaired) electrons. The summed E-state index contributed by atoms with van der Waals surface area (Å²) in [5, 5.41) is 9.51. The van der Waals surface area contributed by atoms with Crippen LogP contribution < -0.4 is 0 Å². The third-order valence-corrected chi connectivity index (χ3v) is 6.23. The standard InChI is InChI=1S/C18H17NO5S/c1-12(20)13-6-8-16(9-7-13)25(23,24)19-11-15-5-3-2-4-14(15)10-17(19)18(21)22/h2-9,17H,10-11H2,1H3,(H,21,22)/t17-/m1/s1. The average molecular weight is 359 g/mol. The number of rotatable bonds is 4. The lowest BCUT2D eigenvalue weighted by Gasteiger charge is -2.33. The zero-order valence-corrected chi connectivity index (χ0v) is 14.4. The van der Waals surface area contributed by atoms with E-state index in [1.807, 2.05) is 12.1 Å². The summed E-state index contributed by atoms with van der Waals surface area (Å²) in [7, 11) is -4.00. The first-order valence-corrected chi connectivity index (χ1v) is 9.17. The van der Waals surface area contributed by atoms with Gasteiger partial charge in [0.05, 0.1) is 4.90 Å². The number of carboxylic acids is 1. The molecule has 130 valence electrons. The average Bonchev–Trinajstić information content (AvgIpc) is 2.60. The molecule has 0 bridgehead atoms. The number of aliphatic carboxylic acids is 1. The second kappa shape index (κ2) is 6.42. The molecule has 3 rings (SSSR count). The fraction of sp³-hybridized carbons (Fsp3) is 0.222. The molecular formula is C18H17NO5S. The van der Waals surface area contributed by atoms with Crippen molar-refractivity contribution in [3.8, 4) is 0 Å². The highest BCUT2D eigenvalue weighted by Crippen LogP contribution is 2.29. The Balaban J connectivity index is 2.02. The minimum Gasteiger partial charge on any atom is -0.480 e. The van der Waals surface area contributed by atoms with Crippen molar-refractivity contribution >= 4 is 21.8 Å². The van der Waals surface area contributed by atoms with E-state index in [9.17, 15) is 23.1 Å². The maximum absolute atomic E-state index is 13.0. The lowest BCUT2D eigenvalue weighted by atomic mass is 9.96. The summed E-state index contributed by atoms with van der Waals surface area (Å²) in [6, 6.07) is 11.6. The second-order valence-corrected chi connectivity index (χ2v) is 7.85. The van der Waals surface area contributed by atoms with Crippen LogP contribution >= 0.6 is 0 Å². The molecule has 0 aliphatic carbocycles. The van der Waals surface area contributed by atoms with Crippen molar-refractivity contribution in [2.24, 2.45) is 0 Å². The fourth-order valence-electron chi connectivity index (χ4n) is 2.96. The molecule has 0 unspecified atom stereocenters. The van der Waals surface area contributed by atoms with Gasteiger partial charge in [0.25, 0.3) is 0 Å². The van der Waals surface area contributed by atoms with Crippen LogP contribution in [-0.4, -0.2) is 35.6 Å². The molecule has 1 heterocycles. The van der Waals surface area contributed by atoms with Gasteiger partial charge in [0.15, 0.2) is 5.78 Å². The largest absolute Gasteiger partial charge is 0.480 e. The molecule has 1 atom stereocenters. The van der Waals surface area contributed by atoms with E-state index in [0.717, 1.165) is 15.4 Å². The SMILES string of the molecule is CC(=O)c1ccc(S(=O)(=O)N2Cc3ccccc3C[C@@H]2C(=O)O)cc1. The molecule has 2 aromatic rings. The zero-order valence-electron chi connectivity index (χ0n) is 13.5. The van der Waals surface area contributed by atoms with E-state index < -0.39 is 22.0 Å². The number of sulfonamides is 1. The number of hydrogen-bond donors (Lipinski definition) is 1. The molecule has 0 saturated carbocycles. The Labute approximate surface area is 145 Å². The fourth-order valence-corrected chi connectivity index (χ4v) is 4.52. The van der Waals surface area contributed by atoms with Crippen molar-refractivity contribution in [2.45, 2.75) is 30.8 Å². The van der Waals surface area contributed by atoms with Gasteiger partial charge in [0.2, 0.25) is 10.0 Å². The van der Waals surface area contributed by atoms with Crippen LogP contribution in [0.1, 0.15) is 28.4 Å². The van der Waals surface area contributed by atoms with Crippen LogP contribution in [0, 0.1) is 0 Å². The van der Waals surface area contributed by atoms with Crippen LogP contribution in [0.4, 0.5) is 0 Å². The van der Waals surface area contributed by atoms with Gasteiger partial charge in [0, 0.05) is 18.5 Å². The van der Waals surface area contributed by atoms with Gasteiger partial charge >= 0.3 is 5.97 Å². The van der Waals surface area contributed by atoms with E-state index in [2.05, 4.69) is 0 Å². The summed E-state index contributed by atoms with van der Waals surface area (Å²) >= 11 is 0. The highest BCUT2D eigenvalue weighted by molar-refractivity contribution is 7.89. The molecule has 7 heteroatoms. The number of fused-ring (bicyclic) bond motifs is 1. The molecule has 1 aliphatic heterocycles. The maximum Gasteiger partial charge on any atom is 0.322 e. The molecule has 0 aromatic heterocycles. The molecule has 0 saturated heterocycles. The number of ketones is 1. The van der Waals surface area contributed by atoms with E-state index in [1.54, 1.807) is 12.1 Å². The van der Waals surface area contributed by atoms with E-state index in [-0.39, 0.29) is 23.6 Å². The molecule has 1 aliphatic rings. The Hall–Kier alpha value is -2.51. The van der Waals surface area contributed by atoms with Crippen LogP contribution in [0.3, 0.4) is 0 Å². The van der Waals surface area contributed by atoms with E-state index in [1.165, 1.54) is 31.2 Å². The summed E-state index contributed by atoms with van der Waals surface area (Å²) in [5.74, 6) is -1.35. The number of benzene rings is 2. The predicted molar refractivity (Wildman–Crippen MR) is 90.7 cm³/mol. The van der Waals surface area contributed by atoms with Crippen molar-refractivity contribution in [3.63, 3.8) is 0 Å². The summed E-state index contributed by atoms with van der Waals surface area (Å²) in [4.78, 5) is 23.0. The lowest BCUT2D eigenvalue weighted by molar-refractivity contribution is -0.141. The van der Waals surface area contributed by atoms with E-state index in [4.69, 9.17) is 0 Å². The quantitative estimate of drug-likeness (QED) is 0.844. The lowest BCUT2D eigenvalue weighted by Crippen LogP contribution is -2.48. The van der Waals surface area contributed by atoms with Crippen LogP contribution in [0.15, 0.2) is 53.4 Å². The van der Waals surface area contributed by atoms with Crippen LogP contribution in [0.2, 0.25) is 0 Å². The van der Waals surface area contributed by atoms with Gasteiger partial charge in [-0.1, -0.05) is 36.4 Å². The Bertz CT molecular complexity index is 934. The van der Waals surface area contributed by atoms with E-state index >= 15 is 0 Å². The van der Waals surface area contributed by atoms with Crippen molar-refractivity contribution in [2.75, 3.05) is 0 Å². The van der Waals surface area contributed by atoms with Crippen molar-refractivity contribution in [1.82, 2.24) is 4.31 Å². The van der Waals surface area contributed by atoms with Crippen LogP contribution in [0.5, 0.6) is 0 Å². The third kappa shape index (κ3) is 3.20. The topological polar surface area (TPSA) is 91.8 Å². The molecule has 25 heavy (non-hydrogen) atoms. The molecule has 0 spiro atoms. The summed E-state index contributed by atoms with van der Waals surface area (Å²) in [5.41, 5.74) is 2.04. The van der Waals surface area contributed by atoms with E-state index in [0.29, 0.717) is 5.56 Å². The summed E-state index contributed by atoms with van der Waals surface area (Å²) in [6.45, 7) is 1.40. The number of carboxylic acid groups (broad SMARTS) is 1. The monoisotopic (exact) mass is 359 g/mol. The van der Waals surface area contributed by atoms with Gasteiger partial charge in [-0.2, -0.15) is 4.31 Å². The molecule has 6 nitrogen and oxygen atoms in total. The summed E-state index contributed by atoms with van der Waals surface area (Å²) in [6.07, 6.45) is 0.121. The van der Waals surface area contributed by atoms with Crippen molar-refractivity contribution in [1.29, 1.82) is 0 Å². The summed E-state index contributed by atoms with van der Waals surface area (Å²) < 4.78 is 27.0. The van der Waals surface area contributed by atoms with Crippen LogP contribution in [0.25, 0.3) is 0 Å². The first kappa shape index (κ1) is 17.3. The number of hydrogen-bond acceptors (Lipinski definition) is 4. The Kier molecular flexibility index (Phi) is 4.45. The Morgan fingerprint density at radius 3 is 2.20 bits per heavy atom. The second-order valence-electron chi connectivity index (χ2n) is 5.96. The van der Waals surface area contributed by atoms with Gasteiger partial charge < -0.3 is 5.11 Å². The normalized spacial score (nSPS) is 17.7. The molecular weight excluding hydrogens is 342 g/mol. The minimum atomic E-state index is -4.00. The number of carbonyl (C=O) groups is 2. The minimum absolute atomic E-state index is 0.00390. The van der Waals surface area contributed by atoms with Crippen LogP contribution in [-0.2, 0) is 27.8 Å². The number of carbonyl (C=O) groups excluding carboxylic acids is 1. The highest BCUT2D eigenvalue weighted by Gasteiger charge is 2.39. The third-order valence-electron chi connectivity index (χ3n) is 4.36. The highest BCUT2D eigenvalue weighted by atomic mass is 32.2. The van der Waals surface area contributed by atoms with Crippen molar-refractivity contribution < 1.29 is 23.1 Å². The van der Waals surface area contributed by atoms with Gasteiger partial charge in [-0.25, -0.2) is 8.42 Å². The molecule has 0 amide bonds. The van der Waals surface area contributed by atoms with Gasteiger partial charge in [0.1, 0.15) is 6.04 Å². The smallest absolute Gasteiger partial charge is 0.322 e. The van der Waals surface area contributed by atoms with Gasteiger partial charge in [-0.05, 0) is 30.2 Å². The molecule has 2 aromatic carbocycles. The Morgan fingerprint density at radius 2 is 1.64 bits per heavy atom. The Morgan fingerprint density at radius 1 is 1.04 bits per heavy atom. The zero-order chi connectivity index (χ0) is 18.2. The van der Waals surface area contributed by atoms with Gasteiger partial charge in [-0.3, -0.25) is 9.59 Å². The molecule has 1 N–H and O–H groups in total. The maximum atomic E-state index is 13.0.